The molecule has 0 unspecified atom stereocenters. The number of para-hydroxylation sites is 1. The lowest BCUT2D eigenvalue weighted by molar-refractivity contribution is 0.0519. The van der Waals surface area contributed by atoms with Crippen LogP contribution in [0.4, 0.5) is 0 Å². The van der Waals surface area contributed by atoms with Crippen molar-refractivity contribution < 1.29 is 14.3 Å². The van der Waals surface area contributed by atoms with Gasteiger partial charge in [-0.2, -0.15) is 0 Å². The monoisotopic (exact) mass is 292 g/mol. The minimum Gasteiger partial charge on any atom is -0.492 e. The smallest absolute Gasteiger partial charge is 0.341 e. The maximum atomic E-state index is 12.1. The van der Waals surface area contributed by atoms with Gasteiger partial charge in [-0.1, -0.05) is 46.2 Å². The van der Waals surface area contributed by atoms with Gasteiger partial charge in [-0.25, -0.2) is 4.79 Å². The van der Waals surface area contributed by atoms with Crippen molar-refractivity contribution in [1.29, 1.82) is 0 Å². The zero-order valence-corrected chi connectivity index (χ0v) is 14.0. The molecule has 0 aliphatic heterocycles. The molecule has 1 aromatic carbocycles. The molecule has 0 atom stereocenters. The van der Waals surface area contributed by atoms with Crippen LogP contribution in [0.25, 0.3) is 0 Å². The van der Waals surface area contributed by atoms with Gasteiger partial charge in [-0.3, -0.25) is 0 Å². The number of hydrogen-bond acceptors (Lipinski definition) is 3. The first kappa shape index (κ1) is 17.5. The Hall–Kier alpha value is -1.51. The predicted octanol–water partition coefficient (Wildman–Crippen LogP) is 4.63. The summed E-state index contributed by atoms with van der Waals surface area (Å²) in [5.74, 6) is 0.388. The molecular formula is C18H28O3. The van der Waals surface area contributed by atoms with Crippen molar-refractivity contribution in [2.24, 2.45) is 5.41 Å². The topological polar surface area (TPSA) is 35.5 Å². The quantitative estimate of drug-likeness (QED) is 0.687. The van der Waals surface area contributed by atoms with Crippen LogP contribution < -0.4 is 4.74 Å². The number of ether oxygens (including phenoxy) is 2. The molecular weight excluding hydrogens is 264 g/mol. The van der Waals surface area contributed by atoms with Crippen LogP contribution >= 0.6 is 0 Å². The Balaban J connectivity index is 3.07. The molecule has 21 heavy (non-hydrogen) atoms. The molecule has 0 heterocycles. The SMILES string of the molecule is CCCCc1cccc(C(=O)OCC)c1OCC(C)(C)C. The van der Waals surface area contributed by atoms with Crippen molar-refractivity contribution in [3.8, 4) is 5.75 Å². The van der Waals surface area contributed by atoms with Crippen LogP contribution in [0, 0.1) is 5.41 Å². The summed E-state index contributed by atoms with van der Waals surface area (Å²) in [6.07, 6.45) is 3.11. The maximum absolute atomic E-state index is 12.1. The van der Waals surface area contributed by atoms with Crippen molar-refractivity contribution in [2.45, 2.75) is 53.9 Å². The van der Waals surface area contributed by atoms with E-state index in [1.807, 2.05) is 19.1 Å². The molecule has 0 saturated carbocycles. The van der Waals surface area contributed by atoms with Crippen LogP contribution in [0.1, 0.15) is 63.4 Å². The van der Waals surface area contributed by atoms with Gasteiger partial charge < -0.3 is 9.47 Å². The minimum absolute atomic E-state index is 0.0454. The van der Waals surface area contributed by atoms with Crippen LogP contribution in [0.3, 0.4) is 0 Å². The Morgan fingerprint density at radius 1 is 1.19 bits per heavy atom. The third-order valence-corrected chi connectivity index (χ3v) is 3.04. The Bertz CT molecular complexity index is 458. The summed E-state index contributed by atoms with van der Waals surface area (Å²) >= 11 is 0. The number of unbranched alkanes of at least 4 members (excludes halogenated alkanes) is 1. The molecule has 0 N–H and O–H groups in total. The van der Waals surface area contributed by atoms with Gasteiger partial charge in [0.2, 0.25) is 0 Å². The second-order valence-corrected chi connectivity index (χ2v) is 6.47. The largest absolute Gasteiger partial charge is 0.492 e. The molecule has 0 fully saturated rings. The van der Waals surface area contributed by atoms with Crippen LogP contribution in [0.2, 0.25) is 0 Å². The second-order valence-electron chi connectivity index (χ2n) is 6.47. The fraction of sp³-hybridized carbons (Fsp3) is 0.611. The first-order valence-corrected chi connectivity index (χ1v) is 7.81. The first-order valence-electron chi connectivity index (χ1n) is 7.81. The highest BCUT2D eigenvalue weighted by Gasteiger charge is 2.19. The summed E-state index contributed by atoms with van der Waals surface area (Å²) in [6.45, 7) is 11.3. The van der Waals surface area contributed by atoms with E-state index in [1.54, 1.807) is 6.07 Å². The molecule has 3 nitrogen and oxygen atoms in total. The van der Waals surface area contributed by atoms with Crippen LogP contribution in [0.15, 0.2) is 18.2 Å². The molecule has 0 spiro atoms. The van der Waals surface area contributed by atoms with E-state index >= 15 is 0 Å². The Morgan fingerprint density at radius 2 is 1.90 bits per heavy atom. The number of carbonyl (C=O) groups excluding carboxylic acids is 1. The normalized spacial score (nSPS) is 11.3. The van der Waals surface area contributed by atoms with E-state index in [1.165, 1.54) is 0 Å². The van der Waals surface area contributed by atoms with Crippen LogP contribution in [-0.4, -0.2) is 19.2 Å². The summed E-state index contributed by atoms with van der Waals surface area (Å²) < 4.78 is 11.1. The average molecular weight is 292 g/mol. The average Bonchev–Trinajstić information content (AvgIpc) is 2.42. The number of benzene rings is 1. The highest BCUT2D eigenvalue weighted by atomic mass is 16.5. The Kier molecular flexibility index (Phi) is 6.73. The van der Waals surface area contributed by atoms with Crippen molar-refractivity contribution >= 4 is 5.97 Å². The summed E-state index contributed by atoms with van der Waals surface area (Å²) in [7, 11) is 0. The highest BCUT2D eigenvalue weighted by Crippen LogP contribution is 2.28. The fourth-order valence-electron chi connectivity index (χ4n) is 1.98. The summed E-state index contributed by atoms with van der Waals surface area (Å²) in [6, 6.07) is 5.73. The van der Waals surface area contributed by atoms with Gasteiger partial charge in [0, 0.05) is 0 Å². The molecule has 0 radical (unpaired) electrons. The maximum Gasteiger partial charge on any atom is 0.341 e. The molecule has 1 aromatic rings. The van der Waals surface area contributed by atoms with E-state index in [4.69, 9.17) is 9.47 Å². The van der Waals surface area contributed by atoms with E-state index in [0.29, 0.717) is 24.5 Å². The van der Waals surface area contributed by atoms with E-state index in [-0.39, 0.29) is 11.4 Å². The van der Waals surface area contributed by atoms with Gasteiger partial charge in [0.25, 0.3) is 0 Å². The van der Waals surface area contributed by atoms with E-state index < -0.39 is 0 Å². The fourth-order valence-corrected chi connectivity index (χ4v) is 1.98. The molecule has 0 saturated heterocycles. The highest BCUT2D eigenvalue weighted by molar-refractivity contribution is 5.93. The molecule has 0 aromatic heterocycles. The number of rotatable bonds is 7. The molecule has 0 bridgehead atoms. The third-order valence-electron chi connectivity index (χ3n) is 3.04. The predicted molar refractivity (Wildman–Crippen MR) is 86.0 cm³/mol. The van der Waals surface area contributed by atoms with Gasteiger partial charge in [0.1, 0.15) is 11.3 Å². The molecule has 3 heteroatoms. The summed E-state index contributed by atoms with van der Waals surface area (Å²) in [5.41, 5.74) is 1.67. The molecule has 0 aliphatic rings. The lowest BCUT2D eigenvalue weighted by Gasteiger charge is -2.22. The van der Waals surface area contributed by atoms with Crippen molar-refractivity contribution in [1.82, 2.24) is 0 Å². The molecule has 0 amide bonds. The van der Waals surface area contributed by atoms with E-state index in [0.717, 1.165) is 24.8 Å². The second kappa shape index (κ2) is 8.06. The Labute approximate surface area is 128 Å². The van der Waals surface area contributed by atoms with Gasteiger partial charge in [-0.15, -0.1) is 0 Å². The van der Waals surface area contributed by atoms with E-state index in [2.05, 4.69) is 27.7 Å². The third kappa shape index (κ3) is 5.78. The lowest BCUT2D eigenvalue weighted by Crippen LogP contribution is -2.19. The van der Waals surface area contributed by atoms with Gasteiger partial charge >= 0.3 is 5.97 Å². The van der Waals surface area contributed by atoms with Crippen molar-refractivity contribution in [2.75, 3.05) is 13.2 Å². The lowest BCUT2D eigenvalue weighted by atomic mass is 9.98. The van der Waals surface area contributed by atoms with Crippen molar-refractivity contribution in [3.05, 3.63) is 29.3 Å². The van der Waals surface area contributed by atoms with Crippen LogP contribution in [-0.2, 0) is 11.2 Å². The number of esters is 1. The van der Waals surface area contributed by atoms with Gasteiger partial charge in [0.15, 0.2) is 0 Å². The molecule has 0 aliphatic carbocycles. The number of aryl methyl sites for hydroxylation is 1. The number of hydrogen-bond donors (Lipinski definition) is 0. The minimum atomic E-state index is -0.306. The van der Waals surface area contributed by atoms with Crippen LogP contribution in [0.5, 0.6) is 5.75 Å². The first-order chi connectivity index (χ1) is 9.89. The Morgan fingerprint density at radius 3 is 2.48 bits per heavy atom. The summed E-state index contributed by atoms with van der Waals surface area (Å²) in [4.78, 5) is 12.1. The molecule has 1 rings (SSSR count). The molecule has 118 valence electrons. The zero-order chi connectivity index (χ0) is 15.9. The standard InChI is InChI=1S/C18H28O3/c1-6-8-10-14-11-9-12-15(17(19)20-7-2)16(14)21-13-18(3,4)5/h9,11-12H,6-8,10,13H2,1-5H3. The summed E-state index contributed by atoms with van der Waals surface area (Å²) in [5, 5.41) is 0. The number of carbonyl (C=O) groups is 1. The van der Waals surface area contributed by atoms with Gasteiger partial charge in [-0.05, 0) is 36.8 Å². The van der Waals surface area contributed by atoms with Gasteiger partial charge in [0.05, 0.1) is 13.2 Å². The van der Waals surface area contributed by atoms with E-state index in [9.17, 15) is 4.79 Å². The zero-order valence-electron chi connectivity index (χ0n) is 14.0. The van der Waals surface area contributed by atoms with Crippen molar-refractivity contribution in [3.63, 3.8) is 0 Å².